The number of phenolic OH excluding ortho intramolecular Hbond substituents is 2. The lowest BCUT2D eigenvalue weighted by molar-refractivity contribution is -0.142. The Morgan fingerprint density at radius 3 is 2.38 bits per heavy atom. The average molecular weight is 592 g/mol. The summed E-state index contributed by atoms with van der Waals surface area (Å²) in [6.45, 7) is 1.97. The predicted molar refractivity (Wildman–Crippen MR) is 154 cm³/mol. The van der Waals surface area contributed by atoms with Crippen molar-refractivity contribution >= 4 is 35.0 Å². The Bertz CT molecular complexity index is 1640. The van der Waals surface area contributed by atoms with Crippen LogP contribution in [0.1, 0.15) is 22.3 Å². The van der Waals surface area contributed by atoms with Crippen LogP contribution in [0, 0.1) is 18.8 Å². The van der Waals surface area contributed by atoms with E-state index < -0.39 is 35.2 Å². The van der Waals surface area contributed by atoms with Gasteiger partial charge in [0.1, 0.15) is 5.54 Å². The number of aromatic hydroxyl groups is 2. The normalized spacial score (nSPS) is 24.2. The van der Waals surface area contributed by atoms with Crippen molar-refractivity contribution in [2.24, 2.45) is 11.8 Å². The molecule has 3 amide bonds. The van der Waals surface area contributed by atoms with Crippen LogP contribution in [0.2, 0.25) is 5.02 Å². The first-order chi connectivity index (χ1) is 20.1. The molecule has 2 fully saturated rings. The summed E-state index contributed by atoms with van der Waals surface area (Å²) < 4.78 is 10.7. The van der Waals surface area contributed by atoms with Crippen LogP contribution in [-0.4, -0.2) is 59.6 Å². The number of nitrogens with zero attached hydrogens (tertiary/aromatic N) is 1. The summed E-state index contributed by atoms with van der Waals surface area (Å²) in [5, 5.41) is 26.5. The van der Waals surface area contributed by atoms with Crippen LogP contribution in [0.25, 0.3) is 0 Å². The minimum atomic E-state index is -1.51. The lowest BCUT2D eigenvalue weighted by Crippen LogP contribution is -2.53. The third-order valence-electron chi connectivity index (χ3n) is 8.58. The van der Waals surface area contributed by atoms with Crippen molar-refractivity contribution in [2.45, 2.75) is 31.3 Å². The molecule has 3 aromatic carbocycles. The number of methoxy groups -OCH3 is 2. The number of likely N-dealkylation sites (tertiary alicyclic amines) is 1. The lowest BCUT2D eigenvalue weighted by atomic mass is 9.76. The maximum Gasteiger partial charge on any atom is 0.250 e. The van der Waals surface area contributed by atoms with E-state index in [1.807, 2.05) is 19.1 Å². The van der Waals surface area contributed by atoms with Gasteiger partial charge in [0, 0.05) is 18.2 Å². The minimum Gasteiger partial charge on any atom is -0.504 e. The molecule has 0 unspecified atom stereocenters. The number of hydrogen-bond donors (Lipinski definition) is 4. The van der Waals surface area contributed by atoms with Gasteiger partial charge in [0.15, 0.2) is 23.0 Å². The van der Waals surface area contributed by atoms with Gasteiger partial charge in [-0.25, -0.2) is 0 Å². The highest BCUT2D eigenvalue weighted by atomic mass is 35.5. The monoisotopic (exact) mass is 591 g/mol. The van der Waals surface area contributed by atoms with E-state index in [1.165, 1.54) is 24.1 Å². The highest BCUT2D eigenvalue weighted by molar-refractivity contribution is 6.35. The number of imide groups is 1. The van der Waals surface area contributed by atoms with Crippen molar-refractivity contribution in [1.29, 1.82) is 0 Å². The lowest BCUT2D eigenvalue weighted by Gasteiger charge is -2.30. The molecule has 3 heterocycles. The van der Waals surface area contributed by atoms with E-state index in [9.17, 15) is 24.6 Å². The molecule has 3 aliphatic heterocycles. The number of hydrogen-bond acceptors (Lipinski definition) is 8. The van der Waals surface area contributed by atoms with Crippen molar-refractivity contribution in [3.05, 3.63) is 75.8 Å². The number of phenols is 2. The van der Waals surface area contributed by atoms with Crippen LogP contribution >= 0.6 is 11.6 Å². The topological polar surface area (TPSA) is 137 Å². The van der Waals surface area contributed by atoms with Crippen LogP contribution < -0.4 is 20.1 Å². The molecule has 6 rings (SSSR count). The summed E-state index contributed by atoms with van der Waals surface area (Å²) in [6.07, 6.45) is 0.601. The molecule has 4 N–H and O–H groups in total. The molecule has 11 heteroatoms. The van der Waals surface area contributed by atoms with Crippen LogP contribution in [0.4, 0.5) is 5.69 Å². The van der Waals surface area contributed by atoms with Crippen molar-refractivity contribution in [3.8, 4) is 23.0 Å². The Morgan fingerprint density at radius 1 is 0.929 bits per heavy atom. The number of rotatable bonds is 7. The number of anilines is 1. The zero-order chi connectivity index (χ0) is 29.9. The second-order valence-corrected chi connectivity index (χ2v) is 11.4. The summed E-state index contributed by atoms with van der Waals surface area (Å²) in [7, 11) is 3.08. The summed E-state index contributed by atoms with van der Waals surface area (Å²) in [5.41, 5.74) is 1.73. The smallest absolute Gasteiger partial charge is 0.250 e. The maximum absolute atomic E-state index is 14.2. The molecule has 218 valence electrons. The fourth-order valence-corrected chi connectivity index (χ4v) is 7.00. The fraction of sp³-hybridized carbons (Fsp3) is 0.323. The molecule has 1 spiro atoms. The molecule has 2 saturated heterocycles. The number of aryl methyl sites for hydroxylation is 1. The maximum atomic E-state index is 14.2. The number of fused-ring (bicyclic) bond motifs is 4. The average Bonchev–Trinajstić information content (AvgIpc) is 3.54. The highest BCUT2D eigenvalue weighted by Gasteiger charge is 2.70. The second kappa shape index (κ2) is 10.2. The first-order valence-corrected chi connectivity index (χ1v) is 13.9. The Hall–Kier alpha value is -4.28. The molecule has 10 nitrogen and oxygen atoms in total. The van der Waals surface area contributed by atoms with Crippen molar-refractivity contribution in [2.75, 3.05) is 26.1 Å². The first-order valence-electron chi connectivity index (χ1n) is 13.6. The van der Waals surface area contributed by atoms with Gasteiger partial charge >= 0.3 is 0 Å². The Kier molecular flexibility index (Phi) is 6.78. The SMILES string of the molecule is COc1ccc(CCN2C(=O)[C@@H]3[C@H](Cc4ccc(O)c(O)c4)N[C@@]4(C(=O)Nc5c(Cl)cc(C)cc54)[C@@H]3C2=O)cc1OC. The Morgan fingerprint density at radius 2 is 1.67 bits per heavy atom. The van der Waals surface area contributed by atoms with Crippen molar-refractivity contribution in [1.82, 2.24) is 10.2 Å². The summed E-state index contributed by atoms with van der Waals surface area (Å²) in [6, 6.07) is 12.8. The Balaban J connectivity index is 1.38. The fourth-order valence-electron chi connectivity index (χ4n) is 6.68. The molecule has 0 saturated carbocycles. The number of nitrogens with one attached hydrogen (secondary N) is 2. The van der Waals surface area contributed by atoms with Crippen LogP contribution in [0.15, 0.2) is 48.5 Å². The van der Waals surface area contributed by atoms with E-state index in [4.69, 9.17) is 21.1 Å². The number of ether oxygens (including phenoxy) is 2. The van der Waals surface area contributed by atoms with Gasteiger partial charge in [-0.3, -0.25) is 24.6 Å². The van der Waals surface area contributed by atoms with E-state index >= 15 is 0 Å². The van der Waals surface area contributed by atoms with Gasteiger partial charge in [-0.2, -0.15) is 0 Å². The van der Waals surface area contributed by atoms with E-state index in [-0.39, 0.29) is 30.4 Å². The van der Waals surface area contributed by atoms with Crippen molar-refractivity contribution < 1.29 is 34.1 Å². The van der Waals surface area contributed by atoms with Crippen LogP contribution in [0.5, 0.6) is 23.0 Å². The van der Waals surface area contributed by atoms with E-state index in [1.54, 1.807) is 31.4 Å². The zero-order valence-electron chi connectivity index (χ0n) is 23.2. The predicted octanol–water partition coefficient (Wildman–Crippen LogP) is 3.28. The largest absolute Gasteiger partial charge is 0.504 e. The number of carbonyl (C=O) groups is 3. The third-order valence-corrected chi connectivity index (χ3v) is 8.88. The van der Waals surface area contributed by atoms with E-state index in [0.29, 0.717) is 39.8 Å². The number of carbonyl (C=O) groups excluding carboxylic acids is 3. The van der Waals surface area contributed by atoms with Gasteiger partial charge in [0.25, 0.3) is 0 Å². The number of benzene rings is 3. The van der Waals surface area contributed by atoms with Crippen LogP contribution in [0.3, 0.4) is 0 Å². The molecule has 0 aliphatic carbocycles. The van der Waals surface area contributed by atoms with Gasteiger partial charge < -0.3 is 25.0 Å². The molecule has 0 aromatic heterocycles. The highest BCUT2D eigenvalue weighted by Crippen LogP contribution is 2.55. The first kappa shape index (κ1) is 27.9. The number of halogens is 1. The summed E-state index contributed by atoms with van der Waals surface area (Å²) in [5.74, 6) is -2.57. The van der Waals surface area contributed by atoms with E-state index in [0.717, 1.165) is 11.1 Å². The molecule has 0 radical (unpaired) electrons. The van der Waals surface area contributed by atoms with Gasteiger partial charge in [-0.05, 0) is 66.8 Å². The minimum absolute atomic E-state index is 0.117. The second-order valence-electron chi connectivity index (χ2n) is 11.0. The Labute approximate surface area is 247 Å². The quantitative estimate of drug-likeness (QED) is 0.243. The van der Waals surface area contributed by atoms with Gasteiger partial charge in [0.05, 0.1) is 36.8 Å². The molecule has 42 heavy (non-hydrogen) atoms. The van der Waals surface area contributed by atoms with Gasteiger partial charge in [-0.15, -0.1) is 0 Å². The van der Waals surface area contributed by atoms with Crippen LogP contribution in [-0.2, 0) is 32.8 Å². The zero-order valence-corrected chi connectivity index (χ0v) is 24.0. The standard InChI is InChI=1S/C31H30ClN3O7/c1-15-10-18-27(19(32)11-15)33-30(40)31(18)26-25(20(34-31)12-17-4-6-21(36)22(37)13-17)28(38)35(29(26)39)9-8-16-5-7-23(41-2)24(14-16)42-3/h4-7,10-11,13-14,20,25-26,34,36-37H,8-9,12H2,1-3H3,(H,33,40)/t20-,25+,26-,31+/m0/s1. The third kappa shape index (κ3) is 4.16. The van der Waals surface area contributed by atoms with E-state index in [2.05, 4.69) is 10.6 Å². The van der Waals surface area contributed by atoms with Gasteiger partial charge in [-0.1, -0.05) is 29.8 Å². The molecule has 3 aromatic rings. The molecule has 0 bridgehead atoms. The molecule has 3 aliphatic rings. The summed E-state index contributed by atoms with van der Waals surface area (Å²) in [4.78, 5) is 43.3. The molecule has 4 atom stereocenters. The number of amides is 3. The summed E-state index contributed by atoms with van der Waals surface area (Å²) >= 11 is 6.53. The van der Waals surface area contributed by atoms with Crippen molar-refractivity contribution in [3.63, 3.8) is 0 Å². The molecular formula is C31H30ClN3O7. The van der Waals surface area contributed by atoms with Gasteiger partial charge in [0.2, 0.25) is 17.7 Å². The molecular weight excluding hydrogens is 562 g/mol.